The van der Waals surface area contributed by atoms with E-state index in [4.69, 9.17) is 0 Å². The molecule has 0 radical (unpaired) electrons. The predicted octanol–water partition coefficient (Wildman–Crippen LogP) is -2.26. The van der Waals surface area contributed by atoms with Gasteiger partial charge < -0.3 is 37.2 Å². The Labute approximate surface area is 303 Å². The average molecular weight is 750 g/mol. The number of halogens is 3. The molecule has 0 fully saturated rings. The Morgan fingerprint density at radius 3 is 0.818 bits per heavy atom. The molecule has 0 N–H and O–H groups in total. The maximum Gasteiger partial charge on any atom is -1.00 e. The second-order valence-corrected chi connectivity index (χ2v) is 36.3. The van der Waals surface area contributed by atoms with Crippen LogP contribution in [0.2, 0.25) is 62.3 Å². The summed E-state index contributed by atoms with van der Waals surface area (Å²) in [5.41, 5.74) is 6.17. The molecule has 1 aliphatic rings. The van der Waals surface area contributed by atoms with Gasteiger partial charge in [0.15, 0.2) is 0 Å². The van der Waals surface area contributed by atoms with Gasteiger partial charge in [-0.05, 0) is 0 Å². The minimum absolute atomic E-state index is 0. The molecular weight excluding hydrogens is 699 g/mol. The van der Waals surface area contributed by atoms with Gasteiger partial charge in [-0.25, -0.2) is 0 Å². The van der Waals surface area contributed by atoms with Crippen molar-refractivity contribution in [2.75, 3.05) is 0 Å². The second-order valence-electron chi connectivity index (χ2n) is 15.4. The van der Waals surface area contributed by atoms with E-state index >= 15 is 0 Å². The molecule has 0 spiro atoms. The maximum absolute atomic E-state index is 2.80. The Hall–Kier alpha value is -0.408. The third-order valence-corrected chi connectivity index (χ3v) is 25.2. The van der Waals surface area contributed by atoms with Gasteiger partial charge in [0.05, 0.1) is 0 Å². The van der Waals surface area contributed by atoms with Crippen LogP contribution < -0.4 is 68.3 Å². The Morgan fingerprint density at radius 2 is 0.614 bits per heavy atom. The summed E-state index contributed by atoms with van der Waals surface area (Å²) in [5.74, 6) is 0. The quantitative estimate of drug-likeness (QED) is 0.189. The van der Waals surface area contributed by atoms with Crippen LogP contribution in [0.1, 0.15) is 27.7 Å². The second kappa shape index (κ2) is 14.4. The van der Waals surface area contributed by atoms with Crippen LogP contribution in [-0.2, 0) is 20.4 Å². The van der Waals surface area contributed by atoms with E-state index in [0.29, 0.717) is 0 Å². The van der Waals surface area contributed by atoms with Crippen molar-refractivity contribution in [1.29, 1.82) is 0 Å². The molecule has 0 unspecified atom stereocenters. The molecule has 44 heavy (non-hydrogen) atoms. The summed E-state index contributed by atoms with van der Waals surface area (Å²) in [7, 11) is -7.95. The van der Waals surface area contributed by atoms with Gasteiger partial charge in [-0.3, -0.25) is 0 Å². The van der Waals surface area contributed by atoms with Gasteiger partial charge in [-0.2, -0.15) is 0 Å². The van der Waals surface area contributed by atoms with Gasteiger partial charge in [0.25, 0.3) is 0 Å². The maximum atomic E-state index is 2.66. The van der Waals surface area contributed by atoms with E-state index in [9.17, 15) is 0 Å². The SMILES string of the molecule is CC1=C(C)[C]([Ti+3])([Si](c2ccccc2[Si](C)(C)C)(c2ccccc2[Si](C)(C)C)c2ccccc2[Si](C)(C)C)C(C)=C1C.[Cl-].[Cl-].[Cl-]. The number of hydrogen-bond donors (Lipinski definition) is 0. The molecule has 0 saturated heterocycles. The van der Waals surface area contributed by atoms with Crippen LogP contribution in [0.15, 0.2) is 95.1 Å². The third-order valence-electron chi connectivity index (χ3n) is 9.79. The van der Waals surface area contributed by atoms with Crippen molar-refractivity contribution >= 4 is 63.4 Å². The largest absolute Gasteiger partial charge is 1.00 e. The molecule has 4 rings (SSSR count). The van der Waals surface area contributed by atoms with E-state index in [2.05, 4.69) is 180 Å². The molecule has 0 saturated carbocycles. The number of hydrogen-bond acceptors (Lipinski definition) is 0. The van der Waals surface area contributed by atoms with E-state index < -0.39 is 32.3 Å². The summed E-state index contributed by atoms with van der Waals surface area (Å²) in [5, 5.41) is 9.93. The zero-order valence-electron chi connectivity index (χ0n) is 29.1. The summed E-state index contributed by atoms with van der Waals surface area (Å²) in [6.07, 6.45) is 0. The summed E-state index contributed by atoms with van der Waals surface area (Å²) in [6.45, 7) is 32.7. The molecule has 0 heterocycles. The summed E-state index contributed by atoms with van der Waals surface area (Å²) in [4.78, 5) is 0. The topological polar surface area (TPSA) is 0 Å². The van der Waals surface area contributed by atoms with Crippen molar-refractivity contribution < 1.29 is 57.7 Å². The van der Waals surface area contributed by atoms with E-state index in [-0.39, 0.29) is 40.6 Å². The van der Waals surface area contributed by atoms with Crippen LogP contribution in [0.5, 0.6) is 0 Å². The van der Waals surface area contributed by atoms with Gasteiger partial charge in [-0.1, -0.05) is 0 Å². The first-order chi connectivity index (χ1) is 18.8. The zero-order valence-corrected chi connectivity index (χ0v) is 36.9. The van der Waals surface area contributed by atoms with Crippen LogP contribution in [0.3, 0.4) is 0 Å². The molecule has 236 valence electrons. The number of benzene rings is 3. The molecule has 3 aromatic rings. The zero-order chi connectivity index (χ0) is 30.8. The molecule has 0 atom stereocenters. The molecule has 8 heteroatoms. The van der Waals surface area contributed by atoms with Crippen molar-refractivity contribution in [1.82, 2.24) is 0 Å². The van der Waals surface area contributed by atoms with Crippen LogP contribution in [0.4, 0.5) is 0 Å². The first kappa shape index (κ1) is 41.6. The van der Waals surface area contributed by atoms with Crippen molar-refractivity contribution in [3.8, 4) is 0 Å². The summed E-state index contributed by atoms with van der Waals surface area (Å²) >= 11 is 2.66. The fourth-order valence-electron chi connectivity index (χ4n) is 7.40. The first-order valence-electron chi connectivity index (χ1n) is 15.2. The van der Waals surface area contributed by atoms with Gasteiger partial charge in [0.2, 0.25) is 0 Å². The molecule has 1 aliphatic carbocycles. The molecule has 3 aromatic carbocycles. The van der Waals surface area contributed by atoms with Gasteiger partial charge in [-0.15, -0.1) is 0 Å². The van der Waals surface area contributed by atoms with Gasteiger partial charge in [0.1, 0.15) is 0 Å². The molecule has 0 bridgehead atoms. The molecule has 0 aliphatic heterocycles. The standard InChI is InChI=1S/C36H51Si4.3ClH.Ti/c1-26-27(2)29(4)36(28(26)3)40(33-23-17-14-20-30(33)37(5,6)7,34-24-18-15-21-31(34)38(8,9)10)35-25-19-16-22-32(35)39(11,12)13;;;;/h14-25H,1-13H3;3*1H;/q;;;;+3/p-3. The first-order valence-corrected chi connectivity index (χ1v) is 28.5. The number of allylic oxidation sites excluding steroid dienone is 4. The monoisotopic (exact) mass is 748 g/mol. The minimum Gasteiger partial charge on any atom is -1.00 e. The summed E-state index contributed by atoms with van der Waals surface area (Å²) in [6, 6.07) is 29.2. The predicted molar refractivity (Wildman–Crippen MR) is 192 cm³/mol. The van der Waals surface area contributed by atoms with Crippen molar-refractivity contribution in [3.05, 3.63) is 95.1 Å². The molecular formula is C36H51Cl3Si4Ti. The van der Waals surface area contributed by atoms with E-state index in [1.807, 2.05) is 0 Å². The molecule has 0 aromatic heterocycles. The normalized spacial score (nSPS) is 15.4. The molecule has 0 amide bonds. The smallest absolute Gasteiger partial charge is 1.00 e. The van der Waals surface area contributed by atoms with Crippen LogP contribution in [0, 0.1) is 0 Å². The van der Waals surface area contributed by atoms with Crippen molar-refractivity contribution in [2.45, 2.75) is 90.0 Å². The van der Waals surface area contributed by atoms with E-state index in [1.165, 1.54) is 11.1 Å². The minimum atomic E-state index is -2.80. The Balaban J connectivity index is 0.00000323. The van der Waals surface area contributed by atoms with Gasteiger partial charge in [0, 0.05) is 0 Å². The average Bonchev–Trinajstić information content (AvgIpc) is 3.04. The fourth-order valence-corrected chi connectivity index (χ4v) is 25.5. The van der Waals surface area contributed by atoms with Crippen LogP contribution in [-0.4, -0.2) is 32.3 Å². The Morgan fingerprint density at radius 1 is 0.409 bits per heavy atom. The van der Waals surface area contributed by atoms with Crippen molar-refractivity contribution in [2.24, 2.45) is 0 Å². The fraction of sp³-hybridized carbons (Fsp3) is 0.389. The summed E-state index contributed by atoms with van der Waals surface area (Å²) < 4.78 is -0.0809. The van der Waals surface area contributed by atoms with Crippen LogP contribution >= 0.6 is 0 Å². The van der Waals surface area contributed by atoms with Crippen LogP contribution in [0.25, 0.3) is 0 Å². The van der Waals surface area contributed by atoms with Crippen molar-refractivity contribution in [3.63, 3.8) is 0 Å². The Kier molecular flexibility index (Phi) is 13.6. The van der Waals surface area contributed by atoms with E-state index in [0.717, 1.165) is 0 Å². The third kappa shape index (κ3) is 6.64. The molecule has 0 nitrogen and oxygen atoms in total. The van der Waals surface area contributed by atoms with Gasteiger partial charge >= 0.3 is 269 Å². The number of rotatable bonds is 7. The van der Waals surface area contributed by atoms with E-state index in [1.54, 1.807) is 42.3 Å². The Bertz CT molecular complexity index is 1390.